The van der Waals surface area contributed by atoms with Crippen molar-refractivity contribution in [3.05, 3.63) is 24.3 Å². The van der Waals surface area contributed by atoms with E-state index in [9.17, 15) is 0 Å². The second-order valence-corrected chi connectivity index (χ2v) is 4.97. The average Bonchev–Trinajstić information content (AvgIpc) is 2.82. The Morgan fingerprint density at radius 3 is 2.68 bits per heavy atom. The molecule has 5 heteroatoms. The van der Waals surface area contributed by atoms with E-state index >= 15 is 0 Å². The molecule has 0 aromatic carbocycles. The van der Waals surface area contributed by atoms with Crippen LogP contribution in [0.15, 0.2) is 18.6 Å². The van der Waals surface area contributed by atoms with Crippen molar-refractivity contribution >= 4 is 5.82 Å². The van der Waals surface area contributed by atoms with E-state index in [-0.39, 0.29) is 0 Å². The van der Waals surface area contributed by atoms with Gasteiger partial charge in [0.25, 0.3) is 0 Å². The predicted molar refractivity (Wildman–Crippen MR) is 77.1 cm³/mol. The Morgan fingerprint density at radius 2 is 2.11 bits per heavy atom. The maximum absolute atomic E-state index is 4.63. The van der Waals surface area contributed by atoms with Crippen LogP contribution in [0.25, 0.3) is 11.5 Å². The molecule has 0 saturated carbocycles. The highest BCUT2D eigenvalue weighted by Gasteiger charge is 2.11. The van der Waals surface area contributed by atoms with Crippen LogP contribution in [0.1, 0.15) is 38.8 Å². The van der Waals surface area contributed by atoms with E-state index in [2.05, 4.69) is 41.0 Å². The van der Waals surface area contributed by atoms with Crippen LogP contribution in [0, 0.1) is 0 Å². The van der Waals surface area contributed by atoms with Crippen LogP contribution in [-0.4, -0.2) is 26.1 Å². The summed E-state index contributed by atoms with van der Waals surface area (Å²) >= 11 is 0. The first-order chi connectivity index (χ1) is 9.11. The molecule has 0 aliphatic carbocycles. The zero-order chi connectivity index (χ0) is 13.8. The van der Waals surface area contributed by atoms with Gasteiger partial charge in [-0.2, -0.15) is 0 Å². The molecular formula is C14H21N5. The quantitative estimate of drug-likeness (QED) is 0.897. The fraction of sp³-hybridized carbons (Fsp3) is 0.500. The molecule has 102 valence electrons. The topological polar surface area (TPSA) is 55.6 Å². The largest absolute Gasteiger partial charge is 0.370 e. The molecule has 2 aromatic heterocycles. The molecule has 0 spiro atoms. The van der Waals surface area contributed by atoms with Crippen molar-refractivity contribution in [1.29, 1.82) is 0 Å². The van der Waals surface area contributed by atoms with Gasteiger partial charge in [-0.3, -0.25) is 0 Å². The van der Waals surface area contributed by atoms with E-state index in [4.69, 9.17) is 0 Å². The summed E-state index contributed by atoms with van der Waals surface area (Å²) in [6.07, 6.45) is 4.63. The van der Waals surface area contributed by atoms with Gasteiger partial charge in [0.15, 0.2) is 5.82 Å². The second-order valence-electron chi connectivity index (χ2n) is 4.97. The molecule has 2 rings (SSSR count). The molecular weight excluding hydrogens is 238 g/mol. The van der Waals surface area contributed by atoms with Crippen molar-refractivity contribution in [2.24, 2.45) is 7.05 Å². The van der Waals surface area contributed by atoms with Crippen molar-refractivity contribution in [3.8, 4) is 11.5 Å². The molecule has 5 nitrogen and oxygen atoms in total. The molecule has 0 aliphatic rings. The molecule has 0 bridgehead atoms. The molecule has 2 heterocycles. The Hall–Kier alpha value is -1.91. The fourth-order valence-corrected chi connectivity index (χ4v) is 1.79. The minimum Gasteiger partial charge on any atom is -0.370 e. The van der Waals surface area contributed by atoms with Crippen LogP contribution >= 0.6 is 0 Å². The van der Waals surface area contributed by atoms with Crippen molar-refractivity contribution in [2.45, 2.75) is 33.1 Å². The number of nitrogens with one attached hydrogen (secondary N) is 1. The van der Waals surface area contributed by atoms with Crippen LogP contribution in [-0.2, 0) is 7.05 Å². The average molecular weight is 259 g/mol. The van der Waals surface area contributed by atoms with Gasteiger partial charge in [0, 0.05) is 25.4 Å². The lowest BCUT2D eigenvalue weighted by atomic mass is 10.1. The summed E-state index contributed by atoms with van der Waals surface area (Å²) in [6.45, 7) is 7.33. The number of rotatable bonds is 5. The maximum Gasteiger partial charge on any atom is 0.180 e. The number of aromatic nitrogens is 4. The first-order valence-electron chi connectivity index (χ1n) is 6.71. The van der Waals surface area contributed by atoms with Crippen molar-refractivity contribution in [1.82, 2.24) is 19.5 Å². The monoisotopic (exact) mass is 259 g/mol. The third kappa shape index (κ3) is 3.10. The van der Waals surface area contributed by atoms with Crippen LogP contribution in [0.2, 0.25) is 0 Å². The zero-order valence-electron chi connectivity index (χ0n) is 12.0. The van der Waals surface area contributed by atoms with E-state index in [1.165, 1.54) is 0 Å². The minimum absolute atomic E-state index is 0.372. The first kappa shape index (κ1) is 13.5. The Bertz CT molecular complexity index is 545. The second kappa shape index (κ2) is 5.82. The lowest BCUT2D eigenvalue weighted by Crippen LogP contribution is -2.07. The van der Waals surface area contributed by atoms with Gasteiger partial charge < -0.3 is 9.88 Å². The number of nitrogens with zero attached hydrogens (tertiary/aromatic N) is 4. The Balaban J connectivity index is 2.42. The van der Waals surface area contributed by atoms with Crippen LogP contribution in [0.4, 0.5) is 5.82 Å². The number of imidazole rings is 1. The summed E-state index contributed by atoms with van der Waals surface area (Å²) in [4.78, 5) is 13.3. The lowest BCUT2D eigenvalue weighted by Gasteiger charge is -2.11. The Morgan fingerprint density at radius 1 is 1.32 bits per heavy atom. The Kier molecular flexibility index (Phi) is 4.14. The zero-order valence-corrected chi connectivity index (χ0v) is 12.0. The van der Waals surface area contributed by atoms with Gasteiger partial charge in [0.05, 0.1) is 12.5 Å². The van der Waals surface area contributed by atoms with Crippen molar-refractivity contribution in [2.75, 3.05) is 11.9 Å². The maximum atomic E-state index is 4.63. The normalized spacial score (nSPS) is 11.0. The molecule has 0 atom stereocenters. The molecule has 1 N–H and O–H groups in total. The molecule has 0 radical (unpaired) electrons. The Labute approximate surface area is 114 Å². The van der Waals surface area contributed by atoms with Gasteiger partial charge in [-0.1, -0.05) is 20.8 Å². The SMILES string of the molecule is CCCNc1cc(C(C)C)nc(-c2cncn2C)n1. The van der Waals surface area contributed by atoms with E-state index in [0.717, 1.165) is 36.0 Å². The van der Waals surface area contributed by atoms with E-state index in [0.29, 0.717) is 5.92 Å². The smallest absolute Gasteiger partial charge is 0.180 e. The molecule has 0 fully saturated rings. The third-order valence-electron chi connectivity index (χ3n) is 2.94. The molecule has 2 aromatic rings. The summed E-state index contributed by atoms with van der Waals surface area (Å²) in [7, 11) is 1.95. The van der Waals surface area contributed by atoms with Gasteiger partial charge in [0.1, 0.15) is 11.5 Å². The highest BCUT2D eigenvalue weighted by molar-refractivity contribution is 5.53. The highest BCUT2D eigenvalue weighted by Crippen LogP contribution is 2.21. The first-order valence-corrected chi connectivity index (χ1v) is 6.71. The molecule has 19 heavy (non-hydrogen) atoms. The van der Waals surface area contributed by atoms with Crippen LogP contribution < -0.4 is 5.32 Å². The molecule has 0 saturated heterocycles. The number of aryl methyl sites for hydroxylation is 1. The van der Waals surface area contributed by atoms with E-state index in [1.54, 1.807) is 12.5 Å². The van der Waals surface area contributed by atoms with Gasteiger partial charge in [0.2, 0.25) is 0 Å². The van der Waals surface area contributed by atoms with Gasteiger partial charge in [-0.05, 0) is 12.3 Å². The highest BCUT2D eigenvalue weighted by atomic mass is 15.1. The van der Waals surface area contributed by atoms with Crippen LogP contribution in [0.3, 0.4) is 0 Å². The number of hydrogen-bond donors (Lipinski definition) is 1. The number of anilines is 1. The van der Waals surface area contributed by atoms with Gasteiger partial charge in [-0.25, -0.2) is 15.0 Å². The lowest BCUT2D eigenvalue weighted by molar-refractivity contribution is 0.810. The third-order valence-corrected chi connectivity index (χ3v) is 2.94. The van der Waals surface area contributed by atoms with E-state index in [1.807, 2.05) is 17.7 Å². The summed E-state index contributed by atoms with van der Waals surface area (Å²) in [5, 5.41) is 3.33. The van der Waals surface area contributed by atoms with Gasteiger partial charge >= 0.3 is 0 Å². The van der Waals surface area contributed by atoms with Crippen molar-refractivity contribution in [3.63, 3.8) is 0 Å². The molecule has 0 unspecified atom stereocenters. The number of hydrogen-bond acceptors (Lipinski definition) is 4. The summed E-state index contributed by atoms with van der Waals surface area (Å²) in [5.74, 6) is 1.98. The molecule has 0 amide bonds. The predicted octanol–water partition coefficient (Wildman–Crippen LogP) is 2.82. The van der Waals surface area contributed by atoms with Gasteiger partial charge in [-0.15, -0.1) is 0 Å². The van der Waals surface area contributed by atoms with Crippen molar-refractivity contribution < 1.29 is 0 Å². The fourth-order valence-electron chi connectivity index (χ4n) is 1.79. The molecule has 0 aliphatic heterocycles. The summed E-state index contributed by atoms with van der Waals surface area (Å²) in [6, 6.07) is 2.03. The van der Waals surface area contributed by atoms with E-state index < -0.39 is 0 Å². The summed E-state index contributed by atoms with van der Waals surface area (Å²) in [5.41, 5.74) is 1.98. The summed E-state index contributed by atoms with van der Waals surface area (Å²) < 4.78 is 1.93. The standard InChI is InChI=1S/C14H21N5/c1-5-6-16-13-7-11(10(2)3)17-14(18-13)12-8-15-9-19(12)4/h7-10H,5-6H2,1-4H3,(H,16,17,18). The van der Waals surface area contributed by atoms with Crippen LogP contribution in [0.5, 0.6) is 0 Å². The minimum atomic E-state index is 0.372.